The van der Waals surface area contributed by atoms with E-state index >= 15 is 0 Å². The van der Waals surface area contributed by atoms with Gasteiger partial charge in [-0.1, -0.05) is 48.5 Å². The molecule has 0 radical (unpaired) electrons. The molecule has 0 saturated heterocycles. The van der Waals surface area contributed by atoms with Gasteiger partial charge in [0.15, 0.2) is 0 Å². The van der Waals surface area contributed by atoms with E-state index in [1.54, 1.807) is 12.1 Å². The Kier molecular flexibility index (Phi) is 3.80. The Morgan fingerprint density at radius 2 is 1.14 bits per heavy atom. The van der Waals surface area contributed by atoms with Gasteiger partial charge in [-0.2, -0.15) is 22.0 Å². The van der Waals surface area contributed by atoms with Crippen LogP contribution >= 0.6 is 0 Å². The summed E-state index contributed by atoms with van der Waals surface area (Å²) in [5.41, 5.74) is 0.430. The fourth-order valence-corrected chi connectivity index (χ4v) is 1.79. The molecule has 0 fully saturated rings. The van der Waals surface area contributed by atoms with Crippen molar-refractivity contribution < 1.29 is 26.7 Å². The zero-order valence-corrected chi connectivity index (χ0v) is 10.5. The van der Waals surface area contributed by atoms with Gasteiger partial charge < -0.3 is 0 Å². The largest absolute Gasteiger partial charge is 0.458 e. The van der Waals surface area contributed by atoms with Crippen LogP contribution in [-0.2, 0) is 5.92 Å². The van der Waals surface area contributed by atoms with Crippen molar-refractivity contribution in [2.24, 2.45) is 0 Å². The van der Waals surface area contributed by atoms with E-state index < -0.39 is 17.7 Å². The van der Waals surface area contributed by atoms with E-state index in [4.69, 9.17) is 0 Å². The summed E-state index contributed by atoms with van der Waals surface area (Å²) in [7, 11) is 0. The zero-order valence-electron chi connectivity index (χ0n) is 10.5. The summed E-state index contributed by atoms with van der Waals surface area (Å²) in [5, 5.41) is 0. The van der Waals surface area contributed by atoms with Gasteiger partial charge in [-0.15, -0.1) is 0 Å². The third kappa shape index (κ3) is 2.94. The molecule has 0 atom stereocenters. The number of alkyl halides is 5. The maximum absolute atomic E-state index is 13.1. The number of rotatable bonds is 3. The molecule has 0 heterocycles. The molecule has 2 aromatic carbocycles. The Labute approximate surface area is 117 Å². The Morgan fingerprint density at radius 3 is 1.52 bits per heavy atom. The molecule has 0 aliphatic rings. The Morgan fingerprint density at radius 1 is 0.714 bits per heavy atom. The molecule has 21 heavy (non-hydrogen) atoms. The van der Waals surface area contributed by atoms with Crippen LogP contribution in [-0.4, -0.2) is 12.5 Å². The zero-order chi connectivity index (χ0) is 15.7. The average molecular weight is 300 g/mol. The minimum atomic E-state index is -5.62. The molecule has 0 N–H and O–H groups in total. The van der Waals surface area contributed by atoms with Crippen LogP contribution in [0.15, 0.2) is 48.5 Å². The van der Waals surface area contributed by atoms with E-state index in [2.05, 4.69) is 0 Å². The maximum Gasteiger partial charge on any atom is 0.458 e. The predicted octanol–water partition coefficient (Wildman–Crippen LogP) is 4.82. The number of hydrogen-bond acceptors (Lipinski definition) is 1. The summed E-state index contributed by atoms with van der Waals surface area (Å²) >= 11 is 0. The summed E-state index contributed by atoms with van der Waals surface area (Å²) in [6.45, 7) is 0. The Hall–Kier alpha value is -2.24. The van der Waals surface area contributed by atoms with Gasteiger partial charge in [-0.05, 0) is 11.1 Å². The van der Waals surface area contributed by atoms with Gasteiger partial charge in [0, 0.05) is 11.1 Å². The number of hydrogen-bond donors (Lipinski definition) is 0. The van der Waals surface area contributed by atoms with E-state index in [9.17, 15) is 26.7 Å². The van der Waals surface area contributed by atoms with E-state index in [1.807, 2.05) is 0 Å². The van der Waals surface area contributed by atoms with Crippen molar-refractivity contribution in [1.29, 1.82) is 0 Å². The fraction of sp³-hybridized carbons (Fsp3) is 0.133. The van der Waals surface area contributed by atoms with Crippen LogP contribution in [0, 0.1) is 0 Å². The lowest BCUT2D eigenvalue weighted by Gasteiger charge is -2.20. The van der Waals surface area contributed by atoms with Crippen LogP contribution in [0.25, 0.3) is 11.1 Å². The highest BCUT2D eigenvalue weighted by Crippen LogP contribution is 2.44. The normalized spacial score (nSPS) is 12.2. The molecule has 0 unspecified atom stereocenters. The molecule has 0 amide bonds. The monoisotopic (exact) mass is 300 g/mol. The molecule has 110 valence electrons. The summed E-state index contributed by atoms with van der Waals surface area (Å²) in [6.07, 6.45) is -4.98. The third-order valence-electron chi connectivity index (χ3n) is 2.98. The van der Waals surface area contributed by atoms with Crippen molar-refractivity contribution in [2.45, 2.75) is 12.1 Å². The van der Waals surface area contributed by atoms with Gasteiger partial charge in [0.2, 0.25) is 0 Å². The van der Waals surface area contributed by atoms with E-state index in [0.717, 1.165) is 12.1 Å². The Balaban J connectivity index is 2.32. The minimum Gasteiger partial charge on any atom is -0.298 e. The number of aldehydes is 1. The van der Waals surface area contributed by atoms with Gasteiger partial charge in [0.25, 0.3) is 0 Å². The lowest BCUT2D eigenvalue weighted by atomic mass is 10.0. The summed E-state index contributed by atoms with van der Waals surface area (Å²) in [6, 6.07) is 10.1. The predicted molar refractivity (Wildman–Crippen MR) is 67.2 cm³/mol. The SMILES string of the molecule is O=Cc1ccc(-c2ccc(C(F)(F)C(F)(F)F)cc2)cc1. The van der Waals surface area contributed by atoms with Crippen LogP contribution in [0.2, 0.25) is 0 Å². The van der Waals surface area contributed by atoms with E-state index in [-0.39, 0.29) is 0 Å². The molecule has 2 aromatic rings. The second-order valence-electron chi connectivity index (χ2n) is 4.39. The molecule has 0 aliphatic carbocycles. The number of carbonyl (C=O) groups is 1. The van der Waals surface area contributed by atoms with Crippen molar-refractivity contribution in [3.63, 3.8) is 0 Å². The smallest absolute Gasteiger partial charge is 0.298 e. The van der Waals surface area contributed by atoms with Crippen LogP contribution in [0.1, 0.15) is 15.9 Å². The first-order valence-electron chi connectivity index (χ1n) is 5.86. The first kappa shape index (κ1) is 15.2. The highest BCUT2D eigenvalue weighted by atomic mass is 19.4. The number of benzene rings is 2. The summed E-state index contributed by atoms with van der Waals surface area (Å²) in [5.74, 6) is -4.88. The van der Waals surface area contributed by atoms with Crippen LogP contribution in [0.5, 0.6) is 0 Å². The molecule has 0 saturated carbocycles. The number of halogens is 5. The molecule has 0 spiro atoms. The molecular formula is C15H9F5O. The lowest BCUT2D eigenvalue weighted by Crippen LogP contribution is -2.33. The highest BCUT2D eigenvalue weighted by molar-refractivity contribution is 5.76. The van der Waals surface area contributed by atoms with Crippen molar-refractivity contribution in [3.05, 3.63) is 59.7 Å². The third-order valence-corrected chi connectivity index (χ3v) is 2.98. The molecule has 0 aliphatic heterocycles. The second-order valence-corrected chi connectivity index (χ2v) is 4.39. The Bertz CT molecular complexity index is 627. The van der Waals surface area contributed by atoms with Gasteiger partial charge >= 0.3 is 12.1 Å². The van der Waals surface area contributed by atoms with Gasteiger partial charge in [0.05, 0.1) is 0 Å². The lowest BCUT2D eigenvalue weighted by molar-refractivity contribution is -0.289. The molecule has 0 aromatic heterocycles. The topological polar surface area (TPSA) is 17.1 Å². The van der Waals surface area contributed by atoms with Gasteiger partial charge in [-0.25, -0.2) is 0 Å². The van der Waals surface area contributed by atoms with Gasteiger partial charge in [-0.3, -0.25) is 4.79 Å². The molecule has 2 rings (SSSR count). The minimum absolute atomic E-state index is 0.443. The maximum atomic E-state index is 13.1. The summed E-state index contributed by atoms with van der Waals surface area (Å²) < 4.78 is 63.0. The van der Waals surface area contributed by atoms with Crippen molar-refractivity contribution >= 4 is 6.29 Å². The first-order valence-corrected chi connectivity index (χ1v) is 5.86. The van der Waals surface area contributed by atoms with Gasteiger partial charge in [0.1, 0.15) is 6.29 Å². The van der Waals surface area contributed by atoms with Crippen molar-refractivity contribution in [1.82, 2.24) is 0 Å². The second kappa shape index (κ2) is 5.27. The van der Waals surface area contributed by atoms with Crippen LogP contribution in [0.4, 0.5) is 22.0 Å². The standard InChI is InChI=1S/C15H9F5O/c16-14(17,15(18,19)20)13-7-5-12(6-8-13)11-3-1-10(9-21)2-4-11/h1-9H. The van der Waals surface area contributed by atoms with Crippen molar-refractivity contribution in [3.8, 4) is 11.1 Å². The first-order chi connectivity index (χ1) is 9.75. The van der Waals surface area contributed by atoms with E-state index in [1.165, 1.54) is 24.3 Å². The van der Waals surface area contributed by atoms with Crippen LogP contribution in [0.3, 0.4) is 0 Å². The molecule has 0 bridgehead atoms. The van der Waals surface area contributed by atoms with E-state index in [0.29, 0.717) is 23.0 Å². The number of carbonyl (C=O) groups excluding carboxylic acids is 1. The fourth-order valence-electron chi connectivity index (χ4n) is 1.79. The molecule has 1 nitrogen and oxygen atoms in total. The van der Waals surface area contributed by atoms with Crippen molar-refractivity contribution in [2.75, 3.05) is 0 Å². The highest BCUT2D eigenvalue weighted by Gasteiger charge is 2.58. The average Bonchev–Trinajstić information content (AvgIpc) is 2.46. The molecular weight excluding hydrogens is 291 g/mol. The summed E-state index contributed by atoms with van der Waals surface area (Å²) in [4.78, 5) is 10.5. The quantitative estimate of drug-likeness (QED) is 0.586. The van der Waals surface area contributed by atoms with Crippen LogP contribution < -0.4 is 0 Å². The molecule has 6 heteroatoms.